The lowest BCUT2D eigenvalue weighted by atomic mass is 9.92. The molecule has 2 aromatic heterocycles. The number of ether oxygens (including phenoxy) is 1. The van der Waals surface area contributed by atoms with Gasteiger partial charge < -0.3 is 15.4 Å². The highest BCUT2D eigenvalue weighted by molar-refractivity contribution is 7.17. The van der Waals surface area contributed by atoms with Crippen molar-refractivity contribution < 1.29 is 14.3 Å². The summed E-state index contributed by atoms with van der Waals surface area (Å²) in [6, 6.07) is 5.23. The van der Waals surface area contributed by atoms with Crippen LogP contribution in [0.15, 0.2) is 23.6 Å². The Kier molecular flexibility index (Phi) is 7.75. The van der Waals surface area contributed by atoms with E-state index in [4.69, 9.17) is 15.5 Å². The summed E-state index contributed by atoms with van der Waals surface area (Å²) in [5.74, 6) is 0.828. The summed E-state index contributed by atoms with van der Waals surface area (Å²) in [6.07, 6.45) is 3.23. The minimum absolute atomic E-state index is 0.133. The number of nitrogens with two attached hydrogens (primary N) is 1. The van der Waals surface area contributed by atoms with Crippen LogP contribution in [0.5, 0.6) is 5.75 Å². The molecule has 1 aliphatic rings. The van der Waals surface area contributed by atoms with E-state index in [0.29, 0.717) is 35.9 Å². The van der Waals surface area contributed by atoms with E-state index in [-0.39, 0.29) is 5.78 Å². The van der Waals surface area contributed by atoms with Gasteiger partial charge in [-0.15, -0.1) is 22.7 Å². The number of amides is 1. The van der Waals surface area contributed by atoms with Gasteiger partial charge in [-0.1, -0.05) is 0 Å². The number of benzene rings is 1. The van der Waals surface area contributed by atoms with Gasteiger partial charge >= 0.3 is 0 Å². The average molecular weight is 499 g/mol. The number of aryl methyl sites for hydroxylation is 1. The topological polar surface area (TPSA) is 98.4 Å². The molecule has 0 radical (unpaired) electrons. The van der Waals surface area contributed by atoms with Gasteiger partial charge in [-0.25, -0.2) is 9.97 Å². The molecule has 3 heterocycles. The van der Waals surface area contributed by atoms with E-state index in [1.54, 1.807) is 29.5 Å². The van der Waals surface area contributed by atoms with E-state index < -0.39 is 5.91 Å². The number of likely N-dealkylation sites (tertiary alicyclic amines) is 1. The second-order valence-electron chi connectivity index (χ2n) is 8.73. The maximum absolute atomic E-state index is 12.9. The third kappa shape index (κ3) is 5.71. The Morgan fingerprint density at radius 1 is 1.24 bits per heavy atom. The van der Waals surface area contributed by atoms with Gasteiger partial charge in [0, 0.05) is 29.3 Å². The van der Waals surface area contributed by atoms with Gasteiger partial charge in [0.1, 0.15) is 5.75 Å². The van der Waals surface area contributed by atoms with E-state index in [9.17, 15) is 9.59 Å². The Balaban J connectivity index is 1.49. The van der Waals surface area contributed by atoms with Crippen LogP contribution in [-0.2, 0) is 6.42 Å². The second kappa shape index (κ2) is 10.8. The number of hydrogen-bond acceptors (Lipinski definition) is 8. The van der Waals surface area contributed by atoms with Crippen molar-refractivity contribution in [3.05, 3.63) is 50.4 Å². The lowest BCUT2D eigenvalue weighted by Crippen LogP contribution is -2.31. The Hall–Kier alpha value is -2.62. The first-order valence-corrected chi connectivity index (χ1v) is 13.2. The Labute approximate surface area is 208 Å². The molecule has 7 nitrogen and oxygen atoms in total. The molecule has 9 heteroatoms. The normalized spacial score (nSPS) is 14.9. The number of hydrogen-bond donors (Lipinski definition) is 1. The predicted molar refractivity (Wildman–Crippen MR) is 136 cm³/mol. The third-order valence-electron chi connectivity index (χ3n) is 6.12. The van der Waals surface area contributed by atoms with E-state index in [1.807, 2.05) is 19.2 Å². The molecule has 0 unspecified atom stereocenters. The molecular weight excluding hydrogens is 468 g/mol. The monoisotopic (exact) mass is 498 g/mol. The van der Waals surface area contributed by atoms with Crippen LogP contribution in [0, 0.1) is 12.8 Å². The highest BCUT2D eigenvalue weighted by Crippen LogP contribution is 2.34. The Morgan fingerprint density at radius 3 is 2.71 bits per heavy atom. The molecular formula is C25H30N4O3S2. The fourth-order valence-electron chi connectivity index (χ4n) is 4.20. The van der Waals surface area contributed by atoms with Crippen molar-refractivity contribution in [1.29, 1.82) is 0 Å². The first-order valence-electron chi connectivity index (χ1n) is 11.5. The summed E-state index contributed by atoms with van der Waals surface area (Å²) in [6.45, 7) is 6.48. The molecule has 1 fully saturated rings. The van der Waals surface area contributed by atoms with Crippen LogP contribution in [0.3, 0.4) is 0 Å². The van der Waals surface area contributed by atoms with Crippen LogP contribution in [0.1, 0.15) is 62.6 Å². The molecule has 1 amide bonds. The molecule has 1 aliphatic heterocycles. The summed E-state index contributed by atoms with van der Waals surface area (Å²) in [5.41, 5.74) is 8.44. The summed E-state index contributed by atoms with van der Waals surface area (Å²) in [7, 11) is 2.13. The highest BCUT2D eigenvalue weighted by atomic mass is 32.1. The Bertz CT molecular complexity index is 1180. The number of piperidine rings is 1. The fourth-order valence-corrected chi connectivity index (χ4v) is 6.05. The van der Waals surface area contributed by atoms with Gasteiger partial charge in [-0.05, 0) is 70.9 Å². The number of thiazole rings is 2. The van der Waals surface area contributed by atoms with E-state index in [2.05, 4.69) is 16.9 Å². The molecule has 0 atom stereocenters. The largest absolute Gasteiger partial charge is 0.494 e. The molecule has 1 aromatic carbocycles. The first kappa shape index (κ1) is 24.5. The van der Waals surface area contributed by atoms with Crippen molar-refractivity contribution in [3.63, 3.8) is 0 Å². The maximum Gasteiger partial charge on any atom is 0.248 e. The van der Waals surface area contributed by atoms with Gasteiger partial charge in [0.15, 0.2) is 10.8 Å². The SMILES string of the molecule is CCOc1ccc(C(N)=O)cc1Cc1nc(-c2sc(C(=O)CC3CCN(C)CC3)nc2C)cs1. The summed E-state index contributed by atoms with van der Waals surface area (Å²) in [4.78, 5) is 37.2. The lowest BCUT2D eigenvalue weighted by molar-refractivity contribution is 0.0934. The van der Waals surface area contributed by atoms with Gasteiger partial charge in [0.05, 0.1) is 27.9 Å². The smallest absolute Gasteiger partial charge is 0.248 e. The van der Waals surface area contributed by atoms with Crippen molar-refractivity contribution in [2.24, 2.45) is 11.7 Å². The van der Waals surface area contributed by atoms with E-state index in [0.717, 1.165) is 58.5 Å². The molecule has 2 N–H and O–H groups in total. The zero-order valence-electron chi connectivity index (χ0n) is 19.8. The number of ketones is 1. The molecule has 3 aromatic rings. The lowest BCUT2D eigenvalue weighted by Gasteiger charge is -2.28. The molecule has 0 aliphatic carbocycles. The standard InChI is InChI=1S/C25H30N4O3S2/c1-4-32-21-6-5-17(24(26)31)12-18(21)13-22-28-19(14-33-22)23-15(2)27-25(34-23)20(30)11-16-7-9-29(3)10-8-16/h5-6,12,14,16H,4,7-11,13H2,1-3H3,(H2,26,31). The molecule has 34 heavy (non-hydrogen) atoms. The Morgan fingerprint density at radius 2 is 2.00 bits per heavy atom. The second-order valence-corrected chi connectivity index (χ2v) is 10.7. The summed E-state index contributed by atoms with van der Waals surface area (Å²) >= 11 is 2.98. The van der Waals surface area contributed by atoms with Gasteiger partial charge in [0.2, 0.25) is 5.91 Å². The number of rotatable bonds is 9. The van der Waals surface area contributed by atoms with Crippen LogP contribution < -0.4 is 10.5 Å². The van der Waals surface area contributed by atoms with Crippen molar-refractivity contribution in [2.75, 3.05) is 26.7 Å². The quantitative estimate of drug-likeness (QED) is 0.434. The number of carbonyl (C=O) groups is 2. The summed E-state index contributed by atoms with van der Waals surface area (Å²) < 4.78 is 5.73. The van der Waals surface area contributed by atoms with E-state index in [1.165, 1.54) is 11.3 Å². The summed E-state index contributed by atoms with van der Waals surface area (Å²) in [5, 5.41) is 3.47. The molecule has 1 saturated heterocycles. The van der Waals surface area contributed by atoms with Gasteiger partial charge in [-0.3, -0.25) is 9.59 Å². The van der Waals surface area contributed by atoms with Crippen molar-refractivity contribution in [1.82, 2.24) is 14.9 Å². The number of primary amides is 1. The zero-order chi connectivity index (χ0) is 24.2. The van der Waals surface area contributed by atoms with Crippen molar-refractivity contribution >= 4 is 34.4 Å². The predicted octanol–water partition coefficient (Wildman–Crippen LogP) is 4.58. The minimum atomic E-state index is -0.471. The zero-order valence-corrected chi connectivity index (χ0v) is 21.4. The number of carbonyl (C=O) groups excluding carboxylic acids is 2. The van der Waals surface area contributed by atoms with Crippen LogP contribution in [0.2, 0.25) is 0 Å². The fraction of sp³-hybridized carbons (Fsp3) is 0.440. The molecule has 0 spiro atoms. The van der Waals surface area contributed by atoms with Crippen LogP contribution in [0.25, 0.3) is 10.6 Å². The van der Waals surface area contributed by atoms with Crippen LogP contribution >= 0.6 is 22.7 Å². The molecule has 0 bridgehead atoms. The van der Waals surface area contributed by atoms with Gasteiger partial charge in [0.25, 0.3) is 0 Å². The molecule has 180 valence electrons. The maximum atomic E-state index is 12.9. The van der Waals surface area contributed by atoms with E-state index >= 15 is 0 Å². The number of aromatic nitrogens is 2. The molecule has 4 rings (SSSR count). The van der Waals surface area contributed by atoms with Crippen molar-refractivity contribution in [2.45, 2.75) is 39.5 Å². The minimum Gasteiger partial charge on any atom is -0.494 e. The number of nitrogens with zero attached hydrogens (tertiary/aromatic N) is 3. The first-order chi connectivity index (χ1) is 16.3. The number of Topliss-reactive ketones (excluding diaryl/α,β-unsaturated/α-hetero) is 1. The molecule has 0 saturated carbocycles. The average Bonchev–Trinajstić information content (AvgIpc) is 3.43. The van der Waals surface area contributed by atoms with Crippen LogP contribution in [0.4, 0.5) is 0 Å². The highest BCUT2D eigenvalue weighted by Gasteiger charge is 2.23. The van der Waals surface area contributed by atoms with Gasteiger partial charge in [-0.2, -0.15) is 0 Å². The van der Waals surface area contributed by atoms with Crippen LogP contribution in [-0.4, -0.2) is 53.3 Å². The third-order valence-corrected chi connectivity index (χ3v) is 8.19. The van der Waals surface area contributed by atoms with Crippen molar-refractivity contribution in [3.8, 4) is 16.3 Å².